The first-order valence-electron chi connectivity index (χ1n) is 5.21. The van der Waals surface area contributed by atoms with Crippen molar-refractivity contribution in [1.82, 2.24) is 5.32 Å². The van der Waals surface area contributed by atoms with Crippen LogP contribution in [0, 0.1) is 5.92 Å². The fraction of sp³-hybridized carbons (Fsp3) is 0.500. The van der Waals surface area contributed by atoms with Gasteiger partial charge >= 0.3 is 0 Å². The van der Waals surface area contributed by atoms with Crippen molar-refractivity contribution in [3.63, 3.8) is 0 Å². The molecule has 2 unspecified atom stereocenters. The van der Waals surface area contributed by atoms with Gasteiger partial charge in [0.15, 0.2) is 0 Å². The average Bonchev–Trinajstić information content (AvgIpc) is 2.17. The average molecular weight is 246 g/mol. The SMILES string of the molecule is CCC(C)C(NC)c1cc(Cl)cc(Cl)c1. The number of hydrogen-bond donors (Lipinski definition) is 1. The summed E-state index contributed by atoms with van der Waals surface area (Å²) in [5, 5.41) is 4.70. The Morgan fingerprint density at radius 2 is 1.73 bits per heavy atom. The second kappa shape index (κ2) is 5.74. The predicted octanol–water partition coefficient (Wildman–Crippen LogP) is 4.30. The number of nitrogens with one attached hydrogen (secondary N) is 1. The Morgan fingerprint density at radius 3 is 2.13 bits per heavy atom. The van der Waals surface area contributed by atoms with Gasteiger partial charge in [-0.05, 0) is 36.7 Å². The van der Waals surface area contributed by atoms with E-state index in [1.807, 2.05) is 19.2 Å². The van der Waals surface area contributed by atoms with Gasteiger partial charge in [0.2, 0.25) is 0 Å². The summed E-state index contributed by atoms with van der Waals surface area (Å²) in [5.74, 6) is 0.560. The highest BCUT2D eigenvalue weighted by Crippen LogP contribution is 2.28. The lowest BCUT2D eigenvalue weighted by molar-refractivity contribution is 0.400. The van der Waals surface area contributed by atoms with Crippen molar-refractivity contribution >= 4 is 23.2 Å². The number of hydrogen-bond acceptors (Lipinski definition) is 1. The largest absolute Gasteiger partial charge is 0.313 e. The quantitative estimate of drug-likeness (QED) is 0.835. The van der Waals surface area contributed by atoms with Crippen LogP contribution in [0.15, 0.2) is 18.2 Å². The van der Waals surface area contributed by atoms with E-state index in [1.165, 1.54) is 0 Å². The molecule has 15 heavy (non-hydrogen) atoms. The molecule has 0 spiro atoms. The molecular weight excluding hydrogens is 229 g/mol. The molecule has 1 rings (SSSR count). The standard InChI is InChI=1S/C12H17Cl2N/c1-4-8(2)12(15-3)9-5-10(13)7-11(14)6-9/h5-8,12,15H,4H2,1-3H3. The number of halogens is 2. The van der Waals surface area contributed by atoms with Gasteiger partial charge in [-0.3, -0.25) is 0 Å². The fourth-order valence-electron chi connectivity index (χ4n) is 1.77. The Kier molecular flexibility index (Phi) is 4.91. The van der Waals surface area contributed by atoms with Crippen LogP contribution in [0.1, 0.15) is 31.9 Å². The lowest BCUT2D eigenvalue weighted by Gasteiger charge is -2.23. The first-order chi connectivity index (χ1) is 7.08. The number of rotatable bonds is 4. The van der Waals surface area contributed by atoms with Crippen molar-refractivity contribution in [3.05, 3.63) is 33.8 Å². The van der Waals surface area contributed by atoms with Gasteiger partial charge in [-0.25, -0.2) is 0 Å². The summed E-state index contributed by atoms with van der Waals surface area (Å²) < 4.78 is 0. The minimum atomic E-state index is 0.311. The summed E-state index contributed by atoms with van der Waals surface area (Å²) in [7, 11) is 1.96. The minimum absolute atomic E-state index is 0.311. The van der Waals surface area contributed by atoms with Gasteiger partial charge in [0.1, 0.15) is 0 Å². The van der Waals surface area contributed by atoms with E-state index in [9.17, 15) is 0 Å². The zero-order chi connectivity index (χ0) is 11.4. The zero-order valence-corrected chi connectivity index (χ0v) is 10.9. The third-order valence-corrected chi connectivity index (χ3v) is 3.20. The van der Waals surface area contributed by atoms with E-state index in [4.69, 9.17) is 23.2 Å². The third kappa shape index (κ3) is 3.37. The van der Waals surface area contributed by atoms with Crippen LogP contribution in [0.5, 0.6) is 0 Å². The van der Waals surface area contributed by atoms with E-state index >= 15 is 0 Å². The van der Waals surface area contributed by atoms with Gasteiger partial charge in [0.25, 0.3) is 0 Å². The Bertz CT molecular complexity index is 305. The van der Waals surface area contributed by atoms with E-state index in [0.29, 0.717) is 22.0 Å². The third-order valence-electron chi connectivity index (χ3n) is 2.77. The first kappa shape index (κ1) is 12.8. The van der Waals surface area contributed by atoms with Crippen LogP contribution < -0.4 is 5.32 Å². The predicted molar refractivity (Wildman–Crippen MR) is 67.7 cm³/mol. The molecule has 0 bridgehead atoms. The molecule has 0 radical (unpaired) electrons. The molecule has 0 heterocycles. The van der Waals surface area contributed by atoms with Gasteiger partial charge in [0, 0.05) is 16.1 Å². The van der Waals surface area contributed by atoms with Crippen LogP contribution in [0.2, 0.25) is 10.0 Å². The summed E-state index contributed by atoms with van der Waals surface area (Å²) >= 11 is 12.0. The van der Waals surface area contributed by atoms with Crippen LogP contribution >= 0.6 is 23.2 Å². The highest BCUT2D eigenvalue weighted by atomic mass is 35.5. The molecule has 2 atom stereocenters. The van der Waals surface area contributed by atoms with Crippen molar-refractivity contribution in [2.75, 3.05) is 7.05 Å². The molecule has 0 aromatic heterocycles. The minimum Gasteiger partial charge on any atom is -0.313 e. The molecule has 1 aromatic carbocycles. The zero-order valence-electron chi connectivity index (χ0n) is 9.35. The monoisotopic (exact) mass is 245 g/mol. The van der Waals surface area contributed by atoms with Crippen molar-refractivity contribution in [2.24, 2.45) is 5.92 Å². The molecule has 0 amide bonds. The summed E-state index contributed by atoms with van der Waals surface area (Å²) in [6.45, 7) is 4.40. The summed E-state index contributed by atoms with van der Waals surface area (Å²) in [6, 6.07) is 6.02. The van der Waals surface area contributed by atoms with Gasteiger partial charge in [0.05, 0.1) is 0 Å². The Balaban J connectivity index is 3.01. The maximum atomic E-state index is 5.99. The van der Waals surface area contributed by atoms with Gasteiger partial charge < -0.3 is 5.32 Å². The summed E-state index contributed by atoms with van der Waals surface area (Å²) in [6.07, 6.45) is 1.12. The topological polar surface area (TPSA) is 12.0 Å². The molecule has 0 fully saturated rings. The lowest BCUT2D eigenvalue weighted by Crippen LogP contribution is -2.23. The van der Waals surface area contributed by atoms with Crippen LogP contribution in [-0.4, -0.2) is 7.05 Å². The molecule has 0 aliphatic rings. The van der Waals surface area contributed by atoms with Gasteiger partial charge in [-0.15, -0.1) is 0 Å². The first-order valence-corrected chi connectivity index (χ1v) is 5.97. The molecule has 0 aliphatic heterocycles. The highest BCUT2D eigenvalue weighted by molar-refractivity contribution is 6.34. The van der Waals surface area contributed by atoms with Crippen molar-refractivity contribution in [3.8, 4) is 0 Å². The summed E-state index contributed by atoms with van der Waals surface area (Å²) in [5.41, 5.74) is 1.16. The van der Waals surface area contributed by atoms with E-state index in [2.05, 4.69) is 19.2 Å². The van der Waals surface area contributed by atoms with Crippen LogP contribution in [0.3, 0.4) is 0 Å². The Hall–Kier alpha value is -0.240. The van der Waals surface area contributed by atoms with E-state index in [1.54, 1.807) is 6.07 Å². The lowest BCUT2D eigenvalue weighted by atomic mass is 9.93. The van der Waals surface area contributed by atoms with Crippen LogP contribution in [-0.2, 0) is 0 Å². The maximum Gasteiger partial charge on any atom is 0.0424 e. The van der Waals surface area contributed by atoms with Gasteiger partial charge in [-0.1, -0.05) is 43.5 Å². The molecular formula is C12H17Cl2N. The van der Waals surface area contributed by atoms with Crippen LogP contribution in [0.25, 0.3) is 0 Å². The fourth-order valence-corrected chi connectivity index (χ4v) is 2.31. The van der Waals surface area contributed by atoms with Gasteiger partial charge in [-0.2, -0.15) is 0 Å². The molecule has 0 saturated carbocycles. The smallest absolute Gasteiger partial charge is 0.0424 e. The number of benzene rings is 1. The molecule has 1 N–H and O–H groups in total. The Morgan fingerprint density at radius 1 is 1.20 bits per heavy atom. The Labute approximate surface area is 102 Å². The van der Waals surface area contributed by atoms with E-state index in [-0.39, 0.29) is 0 Å². The van der Waals surface area contributed by atoms with Crippen molar-refractivity contribution in [1.29, 1.82) is 0 Å². The van der Waals surface area contributed by atoms with E-state index < -0.39 is 0 Å². The van der Waals surface area contributed by atoms with Crippen molar-refractivity contribution in [2.45, 2.75) is 26.3 Å². The van der Waals surface area contributed by atoms with Crippen LogP contribution in [0.4, 0.5) is 0 Å². The molecule has 0 saturated heterocycles. The molecule has 1 aromatic rings. The van der Waals surface area contributed by atoms with E-state index in [0.717, 1.165) is 12.0 Å². The van der Waals surface area contributed by atoms with Crippen molar-refractivity contribution < 1.29 is 0 Å². The molecule has 1 nitrogen and oxygen atoms in total. The normalized spacial score (nSPS) is 15.0. The highest BCUT2D eigenvalue weighted by Gasteiger charge is 2.16. The second-order valence-electron chi connectivity index (χ2n) is 3.85. The molecule has 0 aliphatic carbocycles. The molecule has 3 heteroatoms. The maximum absolute atomic E-state index is 5.99. The second-order valence-corrected chi connectivity index (χ2v) is 4.73. The summed E-state index contributed by atoms with van der Waals surface area (Å²) in [4.78, 5) is 0. The molecule has 84 valence electrons.